The quantitative estimate of drug-likeness (QED) is 0.449. The van der Waals surface area contributed by atoms with Crippen molar-refractivity contribution >= 4 is 5.96 Å². The standard InChI is InChI=1S/C21H43N5O/c1-5-22-21(23-12-15-25(4)20-8-6-7-9-20)24-19-10-13-26(14-11-19)16-17-27-18(2)3/h18-20H,5-17H2,1-4H3,(H2,22,23,24). The highest BCUT2D eigenvalue weighted by Gasteiger charge is 2.21. The minimum absolute atomic E-state index is 0.329. The maximum atomic E-state index is 5.68. The van der Waals surface area contributed by atoms with Crippen LogP contribution in [0.15, 0.2) is 4.99 Å². The second kappa shape index (κ2) is 12.6. The highest BCUT2D eigenvalue weighted by molar-refractivity contribution is 5.80. The summed E-state index contributed by atoms with van der Waals surface area (Å²) >= 11 is 0. The number of hydrogen-bond donors (Lipinski definition) is 2. The number of ether oxygens (including phenoxy) is 1. The zero-order valence-electron chi connectivity index (χ0n) is 18.2. The SMILES string of the molecule is CCNC(=NCCN(C)C1CCCC1)NC1CCN(CCOC(C)C)CC1. The van der Waals surface area contributed by atoms with Crippen LogP contribution in [-0.2, 0) is 4.74 Å². The van der Waals surface area contributed by atoms with E-state index in [-0.39, 0.29) is 0 Å². The van der Waals surface area contributed by atoms with Crippen molar-refractivity contribution < 1.29 is 4.74 Å². The van der Waals surface area contributed by atoms with Gasteiger partial charge in [-0.15, -0.1) is 0 Å². The first-order valence-corrected chi connectivity index (χ1v) is 11.2. The molecule has 6 nitrogen and oxygen atoms in total. The van der Waals surface area contributed by atoms with E-state index in [9.17, 15) is 0 Å². The summed E-state index contributed by atoms with van der Waals surface area (Å²) in [7, 11) is 2.25. The Hall–Kier alpha value is -0.850. The summed E-state index contributed by atoms with van der Waals surface area (Å²) in [5.41, 5.74) is 0. The summed E-state index contributed by atoms with van der Waals surface area (Å²) in [6, 6.07) is 1.30. The van der Waals surface area contributed by atoms with Crippen LogP contribution in [0.4, 0.5) is 0 Å². The molecule has 1 heterocycles. The van der Waals surface area contributed by atoms with Crippen molar-refractivity contribution in [2.75, 3.05) is 52.9 Å². The monoisotopic (exact) mass is 381 g/mol. The molecular formula is C21H43N5O. The van der Waals surface area contributed by atoms with Gasteiger partial charge in [0.05, 0.1) is 19.3 Å². The summed E-state index contributed by atoms with van der Waals surface area (Å²) < 4.78 is 5.68. The molecule has 0 atom stereocenters. The first-order valence-electron chi connectivity index (χ1n) is 11.2. The zero-order chi connectivity index (χ0) is 19.5. The third kappa shape index (κ3) is 8.79. The van der Waals surface area contributed by atoms with E-state index in [0.29, 0.717) is 12.1 Å². The van der Waals surface area contributed by atoms with Crippen molar-refractivity contribution in [3.05, 3.63) is 0 Å². The molecule has 1 saturated heterocycles. The van der Waals surface area contributed by atoms with E-state index < -0.39 is 0 Å². The Morgan fingerprint density at radius 2 is 1.89 bits per heavy atom. The molecule has 2 N–H and O–H groups in total. The van der Waals surface area contributed by atoms with Crippen LogP contribution in [0, 0.1) is 0 Å². The Labute approximate surface area is 167 Å². The number of piperidine rings is 1. The van der Waals surface area contributed by atoms with Gasteiger partial charge >= 0.3 is 0 Å². The topological polar surface area (TPSA) is 52.1 Å². The third-order valence-electron chi connectivity index (χ3n) is 5.80. The molecule has 0 radical (unpaired) electrons. The molecule has 0 aromatic carbocycles. The maximum Gasteiger partial charge on any atom is 0.191 e. The number of hydrogen-bond acceptors (Lipinski definition) is 4. The highest BCUT2D eigenvalue weighted by Crippen LogP contribution is 2.21. The highest BCUT2D eigenvalue weighted by atomic mass is 16.5. The lowest BCUT2D eigenvalue weighted by molar-refractivity contribution is 0.0532. The normalized spacial score (nSPS) is 20.7. The van der Waals surface area contributed by atoms with Gasteiger partial charge in [-0.1, -0.05) is 12.8 Å². The van der Waals surface area contributed by atoms with Crippen LogP contribution < -0.4 is 10.6 Å². The second-order valence-electron chi connectivity index (χ2n) is 8.36. The molecule has 0 spiro atoms. The van der Waals surface area contributed by atoms with Crippen molar-refractivity contribution in [2.24, 2.45) is 4.99 Å². The molecular weight excluding hydrogens is 338 g/mol. The van der Waals surface area contributed by atoms with Crippen molar-refractivity contribution in [3.63, 3.8) is 0 Å². The molecule has 0 amide bonds. The number of aliphatic imine (C=N–C) groups is 1. The van der Waals surface area contributed by atoms with Gasteiger partial charge in [0.1, 0.15) is 0 Å². The Balaban J connectivity index is 1.67. The first-order chi connectivity index (χ1) is 13.1. The molecule has 2 fully saturated rings. The van der Waals surface area contributed by atoms with Crippen molar-refractivity contribution in [1.29, 1.82) is 0 Å². The Kier molecular flexibility index (Phi) is 10.5. The summed E-state index contributed by atoms with van der Waals surface area (Å²) in [6.45, 7) is 13.3. The molecule has 0 bridgehead atoms. The number of guanidine groups is 1. The average molecular weight is 382 g/mol. The first kappa shape index (κ1) is 22.4. The van der Waals surface area contributed by atoms with E-state index in [1.165, 1.54) is 38.5 Å². The summed E-state index contributed by atoms with van der Waals surface area (Å²) in [5, 5.41) is 7.08. The zero-order valence-corrected chi connectivity index (χ0v) is 18.2. The average Bonchev–Trinajstić information content (AvgIpc) is 3.18. The lowest BCUT2D eigenvalue weighted by Gasteiger charge is -2.33. The molecule has 158 valence electrons. The molecule has 6 heteroatoms. The van der Waals surface area contributed by atoms with E-state index >= 15 is 0 Å². The Morgan fingerprint density at radius 3 is 2.52 bits per heavy atom. The third-order valence-corrected chi connectivity index (χ3v) is 5.80. The van der Waals surface area contributed by atoms with Crippen molar-refractivity contribution in [2.45, 2.75) is 77.5 Å². The fraction of sp³-hybridized carbons (Fsp3) is 0.952. The van der Waals surface area contributed by atoms with Crippen LogP contribution in [0.25, 0.3) is 0 Å². The van der Waals surface area contributed by atoms with Crippen molar-refractivity contribution in [1.82, 2.24) is 20.4 Å². The van der Waals surface area contributed by atoms with Gasteiger partial charge in [-0.05, 0) is 53.5 Å². The molecule has 1 aliphatic carbocycles. The number of nitrogens with one attached hydrogen (secondary N) is 2. The van der Waals surface area contributed by atoms with Gasteiger partial charge in [-0.25, -0.2) is 0 Å². The van der Waals surface area contributed by atoms with E-state index in [1.807, 2.05) is 0 Å². The van der Waals surface area contributed by atoms with Gasteiger partial charge in [0.25, 0.3) is 0 Å². The number of nitrogens with zero attached hydrogens (tertiary/aromatic N) is 3. The van der Waals surface area contributed by atoms with Crippen LogP contribution in [-0.4, -0.2) is 86.9 Å². The molecule has 2 aliphatic rings. The van der Waals surface area contributed by atoms with Crippen LogP contribution >= 0.6 is 0 Å². The van der Waals surface area contributed by atoms with Gasteiger partial charge in [-0.2, -0.15) is 0 Å². The minimum Gasteiger partial charge on any atom is -0.377 e. The van der Waals surface area contributed by atoms with Gasteiger partial charge in [-0.3, -0.25) is 4.99 Å². The Morgan fingerprint density at radius 1 is 1.19 bits per heavy atom. The van der Waals surface area contributed by atoms with E-state index in [2.05, 4.69) is 48.3 Å². The van der Waals surface area contributed by atoms with Gasteiger partial charge in [0.15, 0.2) is 5.96 Å². The van der Waals surface area contributed by atoms with Crippen LogP contribution in [0.5, 0.6) is 0 Å². The van der Waals surface area contributed by atoms with Crippen LogP contribution in [0.3, 0.4) is 0 Å². The maximum absolute atomic E-state index is 5.68. The summed E-state index contributed by atoms with van der Waals surface area (Å²) in [5.74, 6) is 0.985. The minimum atomic E-state index is 0.329. The predicted molar refractivity (Wildman–Crippen MR) is 115 cm³/mol. The van der Waals surface area contributed by atoms with Gasteiger partial charge in [0.2, 0.25) is 0 Å². The lowest BCUT2D eigenvalue weighted by Crippen LogP contribution is -2.49. The molecule has 27 heavy (non-hydrogen) atoms. The van der Waals surface area contributed by atoms with Crippen LogP contribution in [0.1, 0.15) is 59.3 Å². The molecule has 2 rings (SSSR count). The second-order valence-corrected chi connectivity index (χ2v) is 8.36. The smallest absolute Gasteiger partial charge is 0.191 e. The molecule has 0 aromatic rings. The van der Waals surface area contributed by atoms with Gasteiger partial charge < -0.3 is 25.2 Å². The molecule has 0 unspecified atom stereocenters. The number of likely N-dealkylation sites (N-methyl/N-ethyl adjacent to an activating group) is 1. The summed E-state index contributed by atoms with van der Waals surface area (Å²) in [6.07, 6.45) is 8.19. The fourth-order valence-corrected chi connectivity index (χ4v) is 4.08. The predicted octanol–water partition coefficient (Wildman–Crippen LogP) is 2.31. The fourth-order valence-electron chi connectivity index (χ4n) is 4.08. The molecule has 1 aliphatic heterocycles. The van der Waals surface area contributed by atoms with Crippen molar-refractivity contribution in [3.8, 4) is 0 Å². The van der Waals surface area contributed by atoms with Crippen LogP contribution in [0.2, 0.25) is 0 Å². The largest absolute Gasteiger partial charge is 0.377 e. The molecule has 0 aromatic heterocycles. The summed E-state index contributed by atoms with van der Waals surface area (Å²) in [4.78, 5) is 9.84. The lowest BCUT2D eigenvalue weighted by atomic mass is 10.1. The van der Waals surface area contributed by atoms with E-state index in [1.54, 1.807) is 0 Å². The van der Waals surface area contributed by atoms with E-state index in [0.717, 1.165) is 57.9 Å². The number of likely N-dealkylation sites (tertiary alicyclic amines) is 1. The Bertz CT molecular complexity index is 415. The molecule has 1 saturated carbocycles. The number of rotatable bonds is 10. The van der Waals surface area contributed by atoms with E-state index in [4.69, 9.17) is 9.73 Å². The van der Waals surface area contributed by atoms with Gasteiger partial charge in [0, 0.05) is 44.8 Å².